The van der Waals surface area contributed by atoms with Crippen molar-refractivity contribution in [2.45, 2.75) is 43.9 Å². The maximum atomic E-state index is 12.9. The van der Waals surface area contributed by atoms with Gasteiger partial charge in [0.1, 0.15) is 11.9 Å². The van der Waals surface area contributed by atoms with Crippen LogP contribution in [0.1, 0.15) is 36.0 Å². The highest BCUT2D eigenvalue weighted by Crippen LogP contribution is 2.24. The molecule has 0 saturated carbocycles. The summed E-state index contributed by atoms with van der Waals surface area (Å²) in [5.74, 6) is 0.769. The maximum Gasteiger partial charge on any atom is 0.253 e. The number of rotatable bonds is 6. The van der Waals surface area contributed by atoms with Crippen LogP contribution in [0.4, 0.5) is 0 Å². The van der Waals surface area contributed by atoms with Crippen LogP contribution in [0, 0.1) is 0 Å². The quantitative estimate of drug-likeness (QED) is 0.688. The van der Waals surface area contributed by atoms with Crippen LogP contribution in [-0.2, 0) is 9.47 Å². The second kappa shape index (κ2) is 10.8. The first kappa shape index (κ1) is 22.5. The Morgan fingerprint density at radius 3 is 2.61 bits per heavy atom. The minimum absolute atomic E-state index is 0.0169. The molecule has 0 radical (unpaired) electrons. The van der Waals surface area contributed by atoms with Gasteiger partial charge in [-0.05, 0) is 64.0 Å². The van der Waals surface area contributed by atoms with Gasteiger partial charge < -0.3 is 28.9 Å². The maximum absolute atomic E-state index is 12.9. The molecule has 31 heavy (non-hydrogen) atoms. The van der Waals surface area contributed by atoms with E-state index in [1.165, 1.54) is 25.9 Å². The van der Waals surface area contributed by atoms with Crippen LogP contribution in [0.3, 0.4) is 0 Å². The van der Waals surface area contributed by atoms with Crippen LogP contribution in [0.25, 0.3) is 0 Å². The molecule has 0 spiro atoms. The first-order valence-corrected chi connectivity index (χ1v) is 11.7. The van der Waals surface area contributed by atoms with E-state index < -0.39 is 0 Å². The Balaban J connectivity index is 1.26. The molecule has 0 bridgehead atoms. The topological polar surface area (TPSA) is 54.5 Å². The minimum atomic E-state index is -0.0584. The van der Waals surface area contributed by atoms with Crippen molar-refractivity contribution in [1.82, 2.24) is 14.7 Å². The lowest BCUT2D eigenvalue weighted by atomic mass is 9.99. The number of hydrogen-bond donors (Lipinski definition) is 0. The van der Waals surface area contributed by atoms with Crippen LogP contribution < -0.4 is 4.74 Å². The smallest absolute Gasteiger partial charge is 0.253 e. The molecule has 3 fully saturated rings. The summed E-state index contributed by atoms with van der Waals surface area (Å²) >= 11 is 0. The Labute approximate surface area is 186 Å². The predicted octanol–water partition coefficient (Wildman–Crippen LogP) is 2.11. The van der Waals surface area contributed by atoms with Gasteiger partial charge in [0.25, 0.3) is 5.91 Å². The fraction of sp³-hybridized carbons (Fsp3) is 0.708. The van der Waals surface area contributed by atoms with Crippen molar-refractivity contribution in [2.24, 2.45) is 0 Å². The summed E-state index contributed by atoms with van der Waals surface area (Å²) in [7, 11) is 4.03. The number of carbonyl (C=O) groups excluding carboxylic acids is 1. The fourth-order valence-electron chi connectivity index (χ4n) is 4.86. The molecule has 1 aromatic rings. The van der Waals surface area contributed by atoms with E-state index in [-0.39, 0.29) is 18.1 Å². The first-order valence-electron chi connectivity index (χ1n) is 11.7. The van der Waals surface area contributed by atoms with Gasteiger partial charge in [0.15, 0.2) is 0 Å². The number of amides is 1. The van der Waals surface area contributed by atoms with Gasteiger partial charge >= 0.3 is 0 Å². The van der Waals surface area contributed by atoms with Gasteiger partial charge in [0, 0.05) is 38.3 Å². The molecule has 7 heteroatoms. The molecule has 1 atom stereocenters. The third-order valence-corrected chi connectivity index (χ3v) is 6.77. The van der Waals surface area contributed by atoms with Crippen molar-refractivity contribution in [1.29, 1.82) is 0 Å². The lowest BCUT2D eigenvalue weighted by molar-refractivity contribution is -0.0933. The first-order chi connectivity index (χ1) is 15.1. The molecule has 4 rings (SSSR count). The van der Waals surface area contributed by atoms with Crippen LogP contribution in [0.2, 0.25) is 0 Å². The number of ether oxygens (including phenoxy) is 3. The SMILES string of the molecule is CN1CCC(N2CCC(Oc3cccc(C(=O)N(C)C[C@H]4COCCO4)c3)CC2)CC1. The molecule has 0 N–H and O–H groups in total. The number of benzene rings is 1. The second-order valence-corrected chi connectivity index (χ2v) is 9.17. The summed E-state index contributed by atoms with van der Waals surface area (Å²) in [6.07, 6.45) is 4.80. The van der Waals surface area contributed by atoms with Crippen molar-refractivity contribution >= 4 is 5.91 Å². The molecular weight excluding hydrogens is 394 g/mol. The average Bonchev–Trinajstić information content (AvgIpc) is 2.80. The Hall–Kier alpha value is -1.67. The number of likely N-dealkylation sites (tertiary alicyclic amines) is 2. The third kappa shape index (κ3) is 6.19. The minimum Gasteiger partial charge on any atom is -0.490 e. The highest BCUT2D eigenvalue weighted by molar-refractivity contribution is 5.94. The van der Waals surface area contributed by atoms with Gasteiger partial charge in [-0.1, -0.05) is 6.07 Å². The monoisotopic (exact) mass is 431 g/mol. The highest BCUT2D eigenvalue weighted by Gasteiger charge is 2.28. The molecule has 172 valence electrons. The molecule has 0 aliphatic carbocycles. The second-order valence-electron chi connectivity index (χ2n) is 9.17. The van der Waals surface area contributed by atoms with E-state index >= 15 is 0 Å². The van der Waals surface area contributed by atoms with Gasteiger partial charge in [0.2, 0.25) is 0 Å². The molecular formula is C24H37N3O4. The van der Waals surface area contributed by atoms with E-state index in [0.29, 0.717) is 31.9 Å². The van der Waals surface area contributed by atoms with Crippen LogP contribution in [-0.4, -0.2) is 105 Å². The van der Waals surface area contributed by atoms with Crippen molar-refractivity contribution in [2.75, 3.05) is 66.6 Å². The summed E-state index contributed by atoms with van der Waals surface area (Å²) < 4.78 is 17.4. The summed E-state index contributed by atoms with van der Waals surface area (Å²) in [6.45, 7) is 6.90. The van der Waals surface area contributed by atoms with Crippen LogP contribution >= 0.6 is 0 Å². The molecule has 3 aliphatic rings. The summed E-state index contributed by atoms with van der Waals surface area (Å²) in [5.41, 5.74) is 0.653. The molecule has 3 aliphatic heterocycles. The van der Waals surface area contributed by atoms with E-state index in [9.17, 15) is 4.79 Å². The molecule has 1 amide bonds. The average molecular weight is 432 g/mol. The molecule has 3 heterocycles. The zero-order valence-electron chi connectivity index (χ0n) is 19.0. The Bertz CT molecular complexity index is 709. The van der Waals surface area contributed by atoms with Gasteiger partial charge in [0.05, 0.1) is 25.9 Å². The predicted molar refractivity (Wildman–Crippen MR) is 120 cm³/mol. The van der Waals surface area contributed by atoms with Crippen LogP contribution in [0.15, 0.2) is 24.3 Å². The Morgan fingerprint density at radius 2 is 1.90 bits per heavy atom. The van der Waals surface area contributed by atoms with Crippen LogP contribution in [0.5, 0.6) is 5.75 Å². The van der Waals surface area contributed by atoms with Gasteiger partial charge in [-0.2, -0.15) is 0 Å². The van der Waals surface area contributed by atoms with Gasteiger partial charge in [-0.3, -0.25) is 4.79 Å². The van der Waals surface area contributed by atoms with Gasteiger partial charge in [-0.25, -0.2) is 0 Å². The van der Waals surface area contributed by atoms with Crippen molar-refractivity contribution in [3.63, 3.8) is 0 Å². The summed E-state index contributed by atoms with van der Waals surface area (Å²) in [5, 5.41) is 0. The van der Waals surface area contributed by atoms with E-state index in [4.69, 9.17) is 14.2 Å². The number of carbonyl (C=O) groups is 1. The van der Waals surface area contributed by atoms with Gasteiger partial charge in [-0.15, -0.1) is 0 Å². The summed E-state index contributed by atoms with van der Waals surface area (Å²) in [6, 6.07) is 8.32. The number of likely N-dealkylation sites (N-methyl/N-ethyl adjacent to an activating group) is 1. The molecule has 1 aromatic carbocycles. The zero-order chi connectivity index (χ0) is 21.6. The standard InChI is InChI=1S/C24H37N3O4/c1-25-10-6-20(7-11-25)27-12-8-21(9-13-27)31-22-5-3-4-19(16-22)24(28)26(2)17-23-18-29-14-15-30-23/h3-5,16,20-21,23H,6-15,17-18H2,1-2H3/t23-/m0/s1. The molecule has 0 unspecified atom stereocenters. The fourth-order valence-corrected chi connectivity index (χ4v) is 4.86. The highest BCUT2D eigenvalue weighted by atomic mass is 16.6. The van der Waals surface area contributed by atoms with E-state index in [1.54, 1.807) is 4.90 Å². The van der Waals surface area contributed by atoms with E-state index in [1.807, 2.05) is 31.3 Å². The van der Waals surface area contributed by atoms with Crippen molar-refractivity contribution in [3.8, 4) is 5.75 Å². The van der Waals surface area contributed by atoms with E-state index in [2.05, 4.69) is 16.8 Å². The van der Waals surface area contributed by atoms with Crippen molar-refractivity contribution < 1.29 is 19.0 Å². The third-order valence-electron chi connectivity index (χ3n) is 6.77. The number of nitrogens with zero attached hydrogens (tertiary/aromatic N) is 3. The number of hydrogen-bond acceptors (Lipinski definition) is 6. The lowest BCUT2D eigenvalue weighted by Gasteiger charge is -2.41. The Kier molecular flexibility index (Phi) is 7.82. The zero-order valence-corrected chi connectivity index (χ0v) is 19.0. The molecule has 7 nitrogen and oxygen atoms in total. The molecule has 0 aromatic heterocycles. The Morgan fingerprint density at radius 1 is 1.13 bits per heavy atom. The molecule has 3 saturated heterocycles. The van der Waals surface area contributed by atoms with Crippen molar-refractivity contribution in [3.05, 3.63) is 29.8 Å². The summed E-state index contributed by atoms with van der Waals surface area (Å²) in [4.78, 5) is 19.7. The normalized spacial score (nSPS) is 24.8. The lowest BCUT2D eigenvalue weighted by Crippen LogP contribution is -2.48. The largest absolute Gasteiger partial charge is 0.490 e. The number of piperidine rings is 2. The van der Waals surface area contributed by atoms with E-state index in [0.717, 1.165) is 37.7 Å².